The average molecular weight is 271 g/mol. The fourth-order valence-electron chi connectivity index (χ4n) is 2.02. The van der Waals surface area contributed by atoms with Crippen LogP contribution in [0.25, 0.3) is 0 Å². The van der Waals surface area contributed by atoms with Gasteiger partial charge in [0, 0.05) is 11.6 Å². The molecule has 0 aliphatic rings. The maximum Gasteiger partial charge on any atom is 0.154 e. The number of benzene rings is 2. The number of nitrogen functional groups attached to an aromatic ring is 1. The van der Waals surface area contributed by atoms with E-state index in [1.807, 2.05) is 24.3 Å². The van der Waals surface area contributed by atoms with Crippen molar-refractivity contribution in [1.82, 2.24) is 0 Å². The molecule has 0 aromatic heterocycles. The normalized spacial score (nSPS) is 11.2. The van der Waals surface area contributed by atoms with E-state index in [1.54, 1.807) is 19.2 Å². The monoisotopic (exact) mass is 271 g/mol. The second kappa shape index (κ2) is 5.45. The number of hydrogen-bond donors (Lipinski definition) is 1. The lowest BCUT2D eigenvalue weighted by Crippen LogP contribution is -2.12. The van der Waals surface area contributed by atoms with Gasteiger partial charge in [-0.3, -0.25) is 0 Å². The summed E-state index contributed by atoms with van der Waals surface area (Å²) in [6.45, 7) is 6.47. The van der Waals surface area contributed by atoms with E-state index >= 15 is 0 Å². The Balaban J connectivity index is 2.40. The molecule has 0 fully saturated rings. The first-order valence-electron chi connectivity index (χ1n) is 6.62. The van der Waals surface area contributed by atoms with E-state index in [-0.39, 0.29) is 5.41 Å². The Bertz CT molecular complexity index is 600. The smallest absolute Gasteiger partial charge is 0.154 e. The topological polar surface area (TPSA) is 44.5 Å². The maximum absolute atomic E-state index is 6.00. The van der Waals surface area contributed by atoms with Gasteiger partial charge in [-0.1, -0.05) is 39.0 Å². The zero-order valence-electron chi connectivity index (χ0n) is 12.4. The van der Waals surface area contributed by atoms with Gasteiger partial charge in [0.2, 0.25) is 0 Å². The van der Waals surface area contributed by atoms with Crippen LogP contribution in [0, 0.1) is 0 Å². The van der Waals surface area contributed by atoms with Crippen LogP contribution < -0.4 is 15.2 Å². The van der Waals surface area contributed by atoms with Gasteiger partial charge in [-0.2, -0.15) is 0 Å². The first kappa shape index (κ1) is 14.3. The van der Waals surface area contributed by atoms with Crippen LogP contribution >= 0.6 is 0 Å². The first-order chi connectivity index (χ1) is 9.41. The third-order valence-corrected chi connectivity index (χ3v) is 3.14. The molecule has 0 spiro atoms. The molecule has 2 N–H and O–H groups in total. The number of rotatable bonds is 3. The van der Waals surface area contributed by atoms with Gasteiger partial charge in [0.05, 0.1) is 12.8 Å². The lowest BCUT2D eigenvalue weighted by Gasteiger charge is -2.23. The molecule has 0 aliphatic carbocycles. The van der Waals surface area contributed by atoms with Crippen molar-refractivity contribution in [3.05, 3.63) is 48.0 Å². The van der Waals surface area contributed by atoms with E-state index in [2.05, 4.69) is 26.8 Å². The summed E-state index contributed by atoms with van der Waals surface area (Å²) in [5.74, 6) is 2.16. The summed E-state index contributed by atoms with van der Waals surface area (Å²) in [4.78, 5) is 0. The summed E-state index contributed by atoms with van der Waals surface area (Å²) in [6, 6.07) is 13.4. The molecule has 2 rings (SSSR count). The van der Waals surface area contributed by atoms with Gasteiger partial charge in [0.1, 0.15) is 11.5 Å². The fourth-order valence-corrected chi connectivity index (χ4v) is 2.02. The molecule has 0 radical (unpaired) electrons. The van der Waals surface area contributed by atoms with Crippen LogP contribution in [0.1, 0.15) is 26.3 Å². The van der Waals surface area contributed by atoms with Crippen LogP contribution in [0.2, 0.25) is 0 Å². The molecule has 3 nitrogen and oxygen atoms in total. The van der Waals surface area contributed by atoms with E-state index < -0.39 is 0 Å². The van der Waals surface area contributed by atoms with Crippen molar-refractivity contribution in [2.75, 3.05) is 12.8 Å². The Morgan fingerprint density at radius 1 is 0.950 bits per heavy atom. The molecule has 0 atom stereocenters. The Hall–Kier alpha value is -2.16. The standard InChI is InChI=1S/C17H21NO2/c1-17(2,3)13-7-5-6-8-15(13)20-16-11-12(19-4)9-10-14(16)18/h5-11H,18H2,1-4H3. The molecule has 2 aromatic rings. The Morgan fingerprint density at radius 2 is 1.65 bits per heavy atom. The van der Waals surface area contributed by atoms with Crippen molar-refractivity contribution < 1.29 is 9.47 Å². The van der Waals surface area contributed by atoms with E-state index in [9.17, 15) is 0 Å². The summed E-state index contributed by atoms with van der Waals surface area (Å²) < 4.78 is 11.2. The highest BCUT2D eigenvalue weighted by molar-refractivity contribution is 5.57. The molecule has 0 aliphatic heterocycles. The molecular formula is C17H21NO2. The van der Waals surface area contributed by atoms with Crippen molar-refractivity contribution in [1.29, 1.82) is 0 Å². The van der Waals surface area contributed by atoms with Crippen LogP contribution in [0.5, 0.6) is 17.2 Å². The van der Waals surface area contributed by atoms with Gasteiger partial charge in [0.25, 0.3) is 0 Å². The quantitative estimate of drug-likeness (QED) is 0.843. The van der Waals surface area contributed by atoms with Crippen molar-refractivity contribution in [3.8, 4) is 17.2 Å². The summed E-state index contributed by atoms with van der Waals surface area (Å²) in [6.07, 6.45) is 0. The van der Waals surface area contributed by atoms with Crippen LogP contribution in [-0.2, 0) is 5.41 Å². The molecule has 3 heteroatoms. The molecule has 106 valence electrons. The number of anilines is 1. The number of hydrogen-bond acceptors (Lipinski definition) is 3. The highest BCUT2D eigenvalue weighted by Gasteiger charge is 2.19. The molecular weight excluding hydrogens is 250 g/mol. The Labute approximate surface area is 120 Å². The summed E-state index contributed by atoms with van der Waals surface area (Å²) in [7, 11) is 1.62. The minimum atomic E-state index is 0.00419. The average Bonchev–Trinajstić information content (AvgIpc) is 2.41. The second-order valence-corrected chi connectivity index (χ2v) is 5.75. The number of ether oxygens (including phenoxy) is 2. The molecule has 20 heavy (non-hydrogen) atoms. The van der Waals surface area contributed by atoms with Gasteiger partial charge in [-0.05, 0) is 23.6 Å². The van der Waals surface area contributed by atoms with E-state index in [0.29, 0.717) is 11.4 Å². The molecule has 0 bridgehead atoms. The molecule has 2 aromatic carbocycles. The Morgan fingerprint density at radius 3 is 2.30 bits per heavy atom. The molecule has 0 saturated carbocycles. The van der Waals surface area contributed by atoms with E-state index in [4.69, 9.17) is 15.2 Å². The lowest BCUT2D eigenvalue weighted by atomic mass is 9.86. The third kappa shape index (κ3) is 3.05. The van der Waals surface area contributed by atoms with Gasteiger partial charge in [-0.15, -0.1) is 0 Å². The van der Waals surface area contributed by atoms with Crippen LogP contribution in [0.15, 0.2) is 42.5 Å². The number of nitrogens with two attached hydrogens (primary N) is 1. The third-order valence-electron chi connectivity index (χ3n) is 3.14. The second-order valence-electron chi connectivity index (χ2n) is 5.75. The predicted octanol–water partition coefficient (Wildman–Crippen LogP) is 4.37. The van der Waals surface area contributed by atoms with Crippen LogP contribution in [-0.4, -0.2) is 7.11 Å². The summed E-state index contributed by atoms with van der Waals surface area (Å²) >= 11 is 0. The van der Waals surface area contributed by atoms with Crippen LogP contribution in [0.4, 0.5) is 5.69 Å². The minimum absolute atomic E-state index is 0.00419. The Kier molecular flexibility index (Phi) is 3.89. The SMILES string of the molecule is COc1ccc(N)c(Oc2ccccc2C(C)(C)C)c1. The van der Waals surface area contributed by atoms with Crippen LogP contribution in [0.3, 0.4) is 0 Å². The van der Waals surface area contributed by atoms with Crippen molar-refractivity contribution in [2.24, 2.45) is 0 Å². The zero-order chi connectivity index (χ0) is 14.8. The summed E-state index contributed by atoms with van der Waals surface area (Å²) in [5, 5.41) is 0. The zero-order valence-corrected chi connectivity index (χ0v) is 12.4. The van der Waals surface area contributed by atoms with Crippen molar-refractivity contribution in [2.45, 2.75) is 26.2 Å². The van der Waals surface area contributed by atoms with Gasteiger partial charge >= 0.3 is 0 Å². The predicted molar refractivity (Wildman–Crippen MR) is 82.6 cm³/mol. The molecule has 0 unspecified atom stereocenters. The lowest BCUT2D eigenvalue weighted by molar-refractivity contribution is 0.408. The van der Waals surface area contributed by atoms with Gasteiger partial charge in [-0.25, -0.2) is 0 Å². The number of methoxy groups -OCH3 is 1. The first-order valence-corrected chi connectivity index (χ1v) is 6.62. The molecule has 0 amide bonds. The largest absolute Gasteiger partial charge is 0.497 e. The maximum atomic E-state index is 6.00. The highest BCUT2D eigenvalue weighted by Crippen LogP contribution is 2.37. The van der Waals surface area contributed by atoms with Gasteiger partial charge in [0.15, 0.2) is 5.75 Å². The minimum Gasteiger partial charge on any atom is -0.497 e. The number of para-hydroxylation sites is 1. The van der Waals surface area contributed by atoms with Crippen molar-refractivity contribution >= 4 is 5.69 Å². The van der Waals surface area contributed by atoms with Crippen molar-refractivity contribution in [3.63, 3.8) is 0 Å². The van der Waals surface area contributed by atoms with Gasteiger partial charge < -0.3 is 15.2 Å². The summed E-state index contributed by atoms with van der Waals surface area (Å²) in [5.41, 5.74) is 7.71. The molecule has 0 heterocycles. The van der Waals surface area contributed by atoms with E-state index in [1.165, 1.54) is 0 Å². The highest BCUT2D eigenvalue weighted by atomic mass is 16.5. The molecule has 0 saturated heterocycles. The van der Waals surface area contributed by atoms with E-state index in [0.717, 1.165) is 17.1 Å². The fraction of sp³-hybridized carbons (Fsp3) is 0.294.